The van der Waals surface area contributed by atoms with Crippen molar-refractivity contribution in [3.63, 3.8) is 0 Å². The fraction of sp³-hybridized carbons (Fsp3) is 0.917. The Morgan fingerprint density at radius 1 is 1.29 bits per heavy atom. The molecule has 0 N–H and O–H groups in total. The summed E-state index contributed by atoms with van der Waals surface area (Å²) in [4.78, 5) is 13.7. The van der Waals surface area contributed by atoms with Gasteiger partial charge in [0.15, 0.2) is 0 Å². The zero-order chi connectivity index (χ0) is 9.97. The van der Waals surface area contributed by atoms with E-state index in [4.69, 9.17) is 0 Å². The van der Waals surface area contributed by atoms with Crippen LogP contribution in [0, 0.1) is 5.92 Å². The molecule has 1 heterocycles. The standard InChI is InChI=1S/C12H21NO/c1-2-3-10-8-13(9-10)11-4-6-12(14)7-5-11/h10-11H,2-9H2,1H3. The normalized spacial score (nSPS) is 26.5. The van der Waals surface area contributed by atoms with Crippen molar-refractivity contribution in [1.82, 2.24) is 4.90 Å². The number of nitrogens with zero attached hydrogens (tertiary/aromatic N) is 1. The summed E-state index contributed by atoms with van der Waals surface area (Å²) in [6.07, 6.45) is 6.62. The van der Waals surface area contributed by atoms with Crippen LogP contribution in [0.1, 0.15) is 45.4 Å². The quantitative estimate of drug-likeness (QED) is 0.688. The van der Waals surface area contributed by atoms with Gasteiger partial charge in [0.25, 0.3) is 0 Å². The molecule has 1 aliphatic heterocycles. The van der Waals surface area contributed by atoms with Crippen molar-refractivity contribution in [2.45, 2.75) is 51.5 Å². The maximum atomic E-state index is 11.1. The first-order valence-electron chi connectivity index (χ1n) is 6.05. The number of hydrogen-bond acceptors (Lipinski definition) is 2. The van der Waals surface area contributed by atoms with E-state index in [1.807, 2.05) is 0 Å². The van der Waals surface area contributed by atoms with Crippen molar-refractivity contribution in [3.05, 3.63) is 0 Å². The highest BCUT2D eigenvalue weighted by atomic mass is 16.1. The average molecular weight is 195 g/mol. The van der Waals surface area contributed by atoms with E-state index in [1.165, 1.54) is 25.9 Å². The largest absolute Gasteiger partial charge is 0.300 e. The van der Waals surface area contributed by atoms with Gasteiger partial charge in [-0.15, -0.1) is 0 Å². The molecule has 2 fully saturated rings. The van der Waals surface area contributed by atoms with Crippen LogP contribution < -0.4 is 0 Å². The predicted molar refractivity (Wildman–Crippen MR) is 57.2 cm³/mol. The van der Waals surface area contributed by atoms with Crippen molar-refractivity contribution in [2.24, 2.45) is 5.92 Å². The lowest BCUT2D eigenvalue weighted by Gasteiger charge is -2.45. The highest BCUT2D eigenvalue weighted by Gasteiger charge is 2.33. The number of carbonyl (C=O) groups is 1. The minimum atomic E-state index is 0.479. The van der Waals surface area contributed by atoms with Crippen LogP contribution in [0.3, 0.4) is 0 Å². The number of rotatable bonds is 3. The number of Topliss-reactive ketones (excluding diaryl/α,β-unsaturated/α-hetero) is 1. The van der Waals surface area contributed by atoms with Crippen molar-refractivity contribution in [3.8, 4) is 0 Å². The van der Waals surface area contributed by atoms with Gasteiger partial charge >= 0.3 is 0 Å². The van der Waals surface area contributed by atoms with Gasteiger partial charge < -0.3 is 0 Å². The molecule has 80 valence electrons. The third-order valence-corrected chi connectivity index (χ3v) is 3.71. The van der Waals surface area contributed by atoms with Crippen LogP contribution in [0.5, 0.6) is 0 Å². The van der Waals surface area contributed by atoms with Gasteiger partial charge in [0, 0.05) is 32.0 Å². The molecule has 1 saturated carbocycles. The highest BCUT2D eigenvalue weighted by Crippen LogP contribution is 2.29. The van der Waals surface area contributed by atoms with Gasteiger partial charge in [0.1, 0.15) is 5.78 Å². The summed E-state index contributed by atoms with van der Waals surface area (Å²) in [6, 6.07) is 0.737. The van der Waals surface area contributed by atoms with E-state index in [-0.39, 0.29) is 0 Å². The topological polar surface area (TPSA) is 20.3 Å². The summed E-state index contributed by atoms with van der Waals surface area (Å²) >= 11 is 0. The Morgan fingerprint density at radius 2 is 1.93 bits per heavy atom. The molecule has 1 saturated heterocycles. The Labute approximate surface area is 86.7 Å². The number of hydrogen-bond donors (Lipinski definition) is 0. The summed E-state index contributed by atoms with van der Waals surface area (Å²) in [7, 11) is 0. The second-order valence-corrected chi connectivity index (χ2v) is 4.88. The van der Waals surface area contributed by atoms with Gasteiger partial charge in [-0.05, 0) is 25.2 Å². The summed E-state index contributed by atoms with van der Waals surface area (Å²) in [5, 5.41) is 0. The highest BCUT2D eigenvalue weighted by molar-refractivity contribution is 5.79. The molecule has 0 bridgehead atoms. The molecule has 0 atom stereocenters. The fourth-order valence-electron chi connectivity index (χ4n) is 2.79. The molecule has 0 aromatic carbocycles. The fourth-order valence-corrected chi connectivity index (χ4v) is 2.79. The lowest BCUT2D eigenvalue weighted by molar-refractivity contribution is -0.122. The van der Waals surface area contributed by atoms with Gasteiger partial charge in [0.05, 0.1) is 0 Å². The molecule has 0 spiro atoms. The summed E-state index contributed by atoms with van der Waals surface area (Å²) in [5.41, 5.74) is 0. The lowest BCUT2D eigenvalue weighted by Crippen LogP contribution is -2.52. The molecule has 2 heteroatoms. The van der Waals surface area contributed by atoms with Crippen molar-refractivity contribution in [2.75, 3.05) is 13.1 Å². The molecular weight excluding hydrogens is 174 g/mol. The molecule has 0 aromatic rings. The zero-order valence-corrected chi connectivity index (χ0v) is 9.17. The smallest absolute Gasteiger partial charge is 0.133 e. The van der Waals surface area contributed by atoms with Gasteiger partial charge in [0.2, 0.25) is 0 Å². The van der Waals surface area contributed by atoms with E-state index in [0.717, 1.165) is 37.6 Å². The van der Waals surface area contributed by atoms with Crippen LogP contribution in [-0.4, -0.2) is 29.8 Å². The maximum absolute atomic E-state index is 11.1. The van der Waals surface area contributed by atoms with E-state index in [1.54, 1.807) is 0 Å². The van der Waals surface area contributed by atoms with E-state index < -0.39 is 0 Å². The molecule has 0 amide bonds. The minimum absolute atomic E-state index is 0.479. The van der Waals surface area contributed by atoms with Crippen LogP contribution >= 0.6 is 0 Å². The third kappa shape index (κ3) is 2.17. The average Bonchev–Trinajstić information content (AvgIpc) is 2.13. The van der Waals surface area contributed by atoms with E-state index in [2.05, 4.69) is 11.8 Å². The van der Waals surface area contributed by atoms with Gasteiger partial charge in [-0.1, -0.05) is 13.3 Å². The van der Waals surface area contributed by atoms with Crippen LogP contribution in [0.2, 0.25) is 0 Å². The van der Waals surface area contributed by atoms with Crippen LogP contribution in [0.15, 0.2) is 0 Å². The summed E-state index contributed by atoms with van der Waals surface area (Å²) in [5.74, 6) is 1.43. The van der Waals surface area contributed by atoms with Crippen LogP contribution in [0.25, 0.3) is 0 Å². The van der Waals surface area contributed by atoms with E-state index in [0.29, 0.717) is 5.78 Å². The first-order valence-corrected chi connectivity index (χ1v) is 6.05. The molecular formula is C12H21NO. The van der Waals surface area contributed by atoms with Crippen LogP contribution in [-0.2, 0) is 4.79 Å². The lowest BCUT2D eigenvalue weighted by atomic mass is 9.87. The van der Waals surface area contributed by atoms with Crippen molar-refractivity contribution in [1.29, 1.82) is 0 Å². The number of ketones is 1. The predicted octanol–water partition coefficient (Wildman–Crippen LogP) is 2.23. The zero-order valence-electron chi connectivity index (χ0n) is 9.17. The minimum Gasteiger partial charge on any atom is -0.300 e. The Balaban J connectivity index is 1.69. The first-order chi connectivity index (χ1) is 6.79. The molecule has 0 radical (unpaired) electrons. The Kier molecular flexibility index (Phi) is 3.22. The summed E-state index contributed by atoms with van der Waals surface area (Å²) < 4.78 is 0. The maximum Gasteiger partial charge on any atom is 0.133 e. The second kappa shape index (κ2) is 4.43. The molecule has 0 unspecified atom stereocenters. The SMILES string of the molecule is CCCC1CN(C2CCC(=O)CC2)C1. The van der Waals surface area contributed by atoms with Gasteiger partial charge in [-0.25, -0.2) is 0 Å². The third-order valence-electron chi connectivity index (χ3n) is 3.71. The second-order valence-electron chi connectivity index (χ2n) is 4.88. The van der Waals surface area contributed by atoms with Crippen molar-refractivity contribution < 1.29 is 4.79 Å². The van der Waals surface area contributed by atoms with Crippen LogP contribution in [0.4, 0.5) is 0 Å². The molecule has 2 nitrogen and oxygen atoms in total. The Bertz CT molecular complexity index is 198. The monoisotopic (exact) mass is 195 g/mol. The molecule has 14 heavy (non-hydrogen) atoms. The Hall–Kier alpha value is -0.370. The molecule has 2 rings (SSSR count). The molecule has 0 aromatic heterocycles. The number of likely N-dealkylation sites (tertiary alicyclic amines) is 1. The molecule has 2 aliphatic rings. The van der Waals surface area contributed by atoms with Crippen molar-refractivity contribution >= 4 is 5.78 Å². The van der Waals surface area contributed by atoms with E-state index >= 15 is 0 Å². The number of carbonyl (C=O) groups excluding carboxylic acids is 1. The molecule has 1 aliphatic carbocycles. The van der Waals surface area contributed by atoms with Gasteiger partial charge in [-0.2, -0.15) is 0 Å². The first kappa shape index (κ1) is 10.2. The summed E-state index contributed by atoms with van der Waals surface area (Å²) in [6.45, 7) is 4.86. The van der Waals surface area contributed by atoms with Gasteiger partial charge in [-0.3, -0.25) is 9.69 Å². The Morgan fingerprint density at radius 3 is 2.50 bits per heavy atom. The van der Waals surface area contributed by atoms with E-state index in [9.17, 15) is 4.79 Å².